The summed E-state index contributed by atoms with van der Waals surface area (Å²) in [5.41, 5.74) is -0.603. The summed E-state index contributed by atoms with van der Waals surface area (Å²) in [4.78, 5) is 4.39. The van der Waals surface area contributed by atoms with Crippen molar-refractivity contribution < 1.29 is 10.2 Å². The standard InChI is InChI=1S/C13H28N2O2/c1-5-13(17,6-2)10-15-9-12(16)7-11(15)8-14(3)4/h11-12,16-17H,5-10H2,1-4H3. The van der Waals surface area contributed by atoms with Gasteiger partial charge in [-0.3, -0.25) is 4.90 Å². The van der Waals surface area contributed by atoms with Crippen LogP contribution in [0.3, 0.4) is 0 Å². The van der Waals surface area contributed by atoms with E-state index in [9.17, 15) is 10.2 Å². The van der Waals surface area contributed by atoms with Crippen molar-refractivity contribution in [3.8, 4) is 0 Å². The topological polar surface area (TPSA) is 46.9 Å². The zero-order valence-corrected chi connectivity index (χ0v) is 11.7. The molecule has 0 radical (unpaired) electrons. The van der Waals surface area contributed by atoms with Crippen LogP contribution < -0.4 is 0 Å². The van der Waals surface area contributed by atoms with Crippen molar-refractivity contribution in [1.82, 2.24) is 9.80 Å². The molecule has 1 fully saturated rings. The third-order valence-corrected chi connectivity index (χ3v) is 3.90. The molecule has 1 aliphatic rings. The van der Waals surface area contributed by atoms with E-state index in [-0.39, 0.29) is 6.10 Å². The summed E-state index contributed by atoms with van der Waals surface area (Å²) in [5.74, 6) is 0. The molecule has 4 heteroatoms. The molecule has 0 saturated carbocycles. The van der Waals surface area contributed by atoms with Crippen LogP contribution in [0.4, 0.5) is 0 Å². The Morgan fingerprint density at radius 3 is 2.35 bits per heavy atom. The van der Waals surface area contributed by atoms with Crippen LogP contribution in [0.2, 0.25) is 0 Å². The monoisotopic (exact) mass is 244 g/mol. The number of hydrogen-bond acceptors (Lipinski definition) is 4. The number of aliphatic hydroxyl groups is 2. The van der Waals surface area contributed by atoms with E-state index in [4.69, 9.17) is 0 Å². The zero-order valence-electron chi connectivity index (χ0n) is 11.7. The van der Waals surface area contributed by atoms with Crippen molar-refractivity contribution in [2.24, 2.45) is 0 Å². The van der Waals surface area contributed by atoms with Gasteiger partial charge in [0, 0.05) is 25.7 Å². The van der Waals surface area contributed by atoms with Gasteiger partial charge in [-0.25, -0.2) is 0 Å². The van der Waals surface area contributed by atoms with Crippen LogP contribution >= 0.6 is 0 Å². The number of hydrogen-bond donors (Lipinski definition) is 2. The maximum atomic E-state index is 10.4. The fourth-order valence-corrected chi connectivity index (χ4v) is 2.61. The predicted octanol–water partition coefficient (Wildman–Crippen LogP) is 0.534. The van der Waals surface area contributed by atoms with Crippen LogP contribution in [0, 0.1) is 0 Å². The van der Waals surface area contributed by atoms with Crippen molar-refractivity contribution in [3.63, 3.8) is 0 Å². The summed E-state index contributed by atoms with van der Waals surface area (Å²) in [6.45, 7) is 6.37. The molecule has 2 atom stereocenters. The van der Waals surface area contributed by atoms with Crippen LogP contribution in [-0.2, 0) is 0 Å². The molecule has 0 bridgehead atoms. The Balaban J connectivity index is 2.61. The molecule has 17 heavy (non-hydrogen) atoms. The van der Waals surface area contributed by atoms with Gasteiger partial charge in [-0.1, -0.05) is 13.8 Å². The number of likely N-dealkylation sites (N-methyl/N-ethyl adjacent to an activating group) is 1. The number of β-amino-alcohol motifs (C(OH)–C–C–N with tert-alkyl or cyclic N) is 2. The van der Waals surface area contributed by atoms with Gasteiger partial charge < -0.3 is 15.1 Å². The second-order valence-electron chi connectivity index (χ2n) is 5.67. The fraction of sp³-hybridized carbons (Fsp3) is 1.00. The van der Waals surface area contributed by atoms with Gasteiger partial charge >= 0.3 is 0 Å². The smallest absolute Gasteiger partial charge is 0.0769 e. The summed E-state index contributed by atoms with van der Waals surface area (Å²) in [5, 5.41) is 20.2. The molecule has 0 aromatic heterocycles. The quantitative estimate of drug-likeness (QED) is 0.716. The molecule has 1 aliphatic heterocycles. The minimum atomic E-state index is -0.603. The van der Waals surface area contributed by atoms with Crippen LogP contribution in [-0.4, -0.2) is 71.5 Å². The van der Waals surface area contributed by atoms with E-state index >= 15 is 0 Å². The SMILES string of the molecule is CCC(O)(CC)CN1CC(O)CC1CN(C)C. The predicted molar refractivity (Wildman–Crippen MR) is 70.1 cm³/mol. The first-order valence-electron chi connectivity index (χ1n) is 6.69. The zero-order chi connectivity index (χ0) is 13.1. The Kier molecular flexibility index (Phi) is 5.38. The van der Waals surface area contributed by atoms with E-state index < -0.39 is 5.60 Å². The lowest BCUT2D eigenvalue weighted by molar-refractivity contribution is -0.0104. The molecule has 1 rings (SSSR count). The Morgan fingerprint density at radius 2 is 1.88 bits per heavy atom. The molecule has 4 nitrogen and oxygen atoms in total. The molecule has 1 saturated heterocycles. The van der Waals surface area contributed by atoms with E-state index in [0.29, 0.717) is 19.1 Å². The summed E-state index contributed by atoms with van der Waals surface area (Å²) in [6, 6.07) is 0.365. The van der Waals surface area contributed by atoms with Gasteiger partial charge in [-0.15, -0.1) is 0 Å². The number of rotatable bonds is 6. The van der Waals surface area contributed by atoms with E-state index in [2.05, 4.69) is 23.9 Å². The minimum absolute atomic E-state index is 0.238. The average molecular weight is 244 g/mol. The largest absolute Gasteiger partial charge is 0.392 e. The molecule has 0 spiro atoms. The second kappa shape index (κ2) is 6.14. The van der Waals surface area contributed by atoms with E-state index in [1.54, 1.807) is 0 Å². The molecule has 0 aromatic carbocycles. The Morgan fingerprint density at radius 1 is 1.29 bits per heavy atom. The molecule has 2 unspecified atom stereocenters. The normalized spacial score (nSPS) is 27.0. The van der Waals surface area contributed by atoms with Crippen molar-refractivity contribution in [2.45, 2.75) is 50.9 Å². The first-order valence-corrected chi connectivity index (χ1v) is 6.69. The van der Waals surface area contributed by atoms with Gasteiger partial charge in [0.2, 0.25) is 0 Å². The van der Waals surface area contributed by atoms with Crippen LogP contribution in [0.1, 0.15) is 33.1 Å². The highest BCUT2D eigenvalue weighted by atomic mass is 16.3. The summed E-state index contributed by atoms with van der Waals surface area (Å²) < 4.78 is 0. The summed E-state index contributed by atoms with van der Waals surface area (Å²) >= 11 is 0. The van der Waals surface area contributed by atoms with Crippen LogP contribution in [0.15, 0.2) is 0 Å². The van der Waals surface area contributed by atoms with E-state index in [1.807, 2.05) is 13.8 Å². The summed E-state index contributed by atoms with van der Waals surface area (Å²) in [7, 11) is 4.10. The lowest BCUT2D eigenvalue weighted by Gasteiger charge is -2.34. The molecular formula is C13H28N2O2. The third-order valence-electron chi connectivity index (χ3n) is 3.90. The van der Waals surface area contributed by atoms with Gasteiger partial charge in [0.15, 0.2) is 0 Å². The van der Waals surface area contributed by atoms with Crippen molar-refractivity contribution in [2.75, 3.05) is 33.7 Å². The molecule has 102 valence electrons. The van der Waals surface area contributed by atoms with Gasteiger partial charge in [0.25, 0.3) is 0 Å². The molecule has 0 aliphatic carbocycles. The third kappa shape index (κ3) is 4.21. The Bertz CT molecular complexity index is 229. The van der Waals surface area contributed by atoms with E-state index in [0.717, 1.165) is 25.8 Å². The van der Waals surface area contributed by atoms with Crippen molar-refractivity contribution in [1.29, 1.82) is 0 Å². The highest BCUT2D eigenvalue weighted by molar-refractivity contribution is 4.91. The molecule has 0 amide bonds. The molecular weight excluding hydrogens is 216 g/mol. The van der Waals surface area contributed by atoms with Gasteiger partial charge in [0.05, 0.1) is 11.7 Å². The first kappa shape index (κ1) is 14.9. The number of likely N-dealkylation sites (tertiary alicyclic amines) is 1. The fourth-order valence-electron chi connectivity index (χ4n) is 2.61. The van der Waals surface area contributed by atoms with Gasteiger partial charge in [0.1, 0.15) is 0 Å². The first-order chi connectivity index (χ1) is 7.90. The van der Waals surface area contributed by atoms with Crippen molar-refractivity contribution in [3.05, 3.63) is 0 Å². The van der Waals surface area contributed by atoms with Gasteiger partial charge in [-0.05, 0) is 33.4 Å². The maximum Gasteiger partial charge on any atom is 0.0769 e. The number of nitrogens with zero attached hydrogens (tertiary/aromatic N) is 2. The second-order valence-corrected chi connectivity index (χ2v) is 5.67. The van der Waals surface area contributed by atoms with Crippen LogP contribution in [0.25, 0.3) is 0 Å². The highest BCUT2D eigenvalue weighted by Crippen LogP contribution is 2.24. The van der Waals surface area contributed by atoms with Crippen molar-refractivity contribution >= 4 is 0 Å². The molecule has 2 N–H and O–H groups in total. The highest BCUT2D eigenvalue weighted by Gasteiger charge is 2.35. The summed E-state index contributed by atoms with van der Waals surface area (Å²) in [6.07, 6.45) is 2.12. The lowest BCUT2D eigenvalue weighted by atomic mass is 9.96. The molecule has 1 heterocycles. The lowest BCUT2D eigenvalue weighted by Crippen LogP contribution is -2.47. The van der Waals surface area contributed by atoms with Crippen LogP contribution in [0.5, 0.6) is 0 Å². The minimum Gasteiger partial charge on any atom is -0.392 e. The maximum absolute atomic E-state index is 10.4. The molecule has 0 aromatic rings. The number of aliphatic hydroxyl groups excluding tert-OH is 1. The Labute approximate surface area is 105 Å². The van der Waals surface area contributed by atoms with E-state index in [1.165, 1.54) is 0 Å². The average Bonchev–Trinajstić information content (AvgIpc) is 2.57. The Hall–Kier alpha value is -0.160. The van der Waals surface area contributed by atoms with Gasteiger partial charge in [-0.2, -0.15) is 0 Å².